The maximum atomic E-state index is 12.3. The first-order valence-corrected chi connectivity index (χ1v) is 6.92. The monoisotopic (exact) mass is 283 g/mol. The molecule has 0 saturated heterocycles. The normalized spacial score (nSPS) is 20.1. The van der Waals surface area contributed by atoms with Crippen LogP contribution in [-0.2, 0) is 6.42 Å². The van der Waals surface area contributed by atoms with Gasteiger partial charge in [0.1, 0.15) is 5.75 Å². The van der Waals surface area contributed by atoms with Gasteiger partial charge < -0.3 is 15.5 Å². The number of benzene rings is 2. The first-order valence-electron chi connectivity index (χ1n) is 6.92. The molecular formula is C17H17NO3. The first kappa shape index (κ1) is 13.6. The van der Waals surface area contributed by atoms with Crippen molar-refractivity contribution in [2.24, 2.45) is 0 Å². The van der Waals surface area contributed by atoms with E-state index in [9.17, 15) is 15.0 Å². The third-order valence-electron chi connectivity index (χ3n) is 3.89. The summed E-state index contributed by atoms with van der Waals surface area (Å²) in [6, 6.07) is 12.1. The van der Waals surface area contributed by atoms with Crippen molar-refractivity contribution in [2.45, 2.75) is 25.5 Å². The Balaban J connectivity index is 1.85. The Morgan fingerprint density at radius 3 is 2.76 bits per heavy atom. The van der Waals surface area contributed by atoms with Crippen molar-refractivity contribution in [3.63, 3.8) is 0 Å². The Hall–Kier alpha value is -2.33. The summed E-state index contributed by atoms with van der Waals surface area (Å²) in [5, 5.41) is 22.8. The molecule has 1 aliphatic carbocycles. The Bertz CT molecular complexity index is 696. The third kappa shape index (κ3) is 2.50. The molecule has 2 aromatic carbocycles. The molecule has 0 aromatic heterocycles. The van der Waals surface area contributed by atoms with Crippen LogP contribution in [0.2, 0.25) is 0 Å². The first-order chi connectivity index (χ1) is 10.1. The lowest BCUT2D eigenvalue weighted by Crippen LogP contribution is -2.33. The molecule has 0 aliphatic heterocycles. The summed E-state index contributed by atoms with van der Waals surface area (Å²) in [6.07, 6.45) is -0.111. The maximum absolute atomic E-state index is 12.3. The summed E-state index contributed by atoms with van der Waals surface area (Å²) in [4.78, 5) is 12.3. The standard InChI is InChI=1S/C17H17NO3/c1-10-6-7-13(14(19)8-10)17(21)18-16-12-5-3-2-4-11(12)9-15(16)20/h2-8,15-16,19-20H,9H2,1H3,(H,18,21). The highest BCUT2D eigenvalue weighted by Gasteiger charge is 2.32. The van der Waals surface area contributed by atoms with Gasteiger partial charge in [0.2, 0.25) is 0 Å². The van der Waals surface area contributed by atoms with Crippen molar-refractivity contribution in [2.75, 3.05) is 0 Å². The molecule has 0 bridgehead atoms. The van der Waals surface area contributed by atoms with Crippen molar-refractivity contribution in [3.8, 4) is 5.75 Å². The van der Waals surface area contributed by atoms with Crippen LogP contribution in [0.1, 0.15) is 33.1 Å². The molecule has 4 heteroatoms. The molecule has 1 aliphatic rings. The Labute approximate surface area is 123 Å². The lowest BCUT2D eigenvalue weighted by Gasteiger charge is -2.18. The third-order valence-corrected chi connectivity index (χ3v) is 3.89. The van der Waals surface area contributed by atoms with E-state index in [1.807, 2.05) is 31.2 Å². The number of aromatic hydroxyl groups is 1. The minimum absolute atomic E-state index is 0.0479. The van der Waals surface area contributed by atoms with Gasteiger partial charge in [-0.3, -0.25) is 4.79 Å². The summed E-state index contributed by atoms with van der Waals surface area (Å²) >= 11 is 0. The van der Waals surface area contributed by atoms with Crippen LogP contribution >= 0.6 is 0 Å². The number of aliphatic hydroxyl groups excluding tert-OH is 1. The number of aliphatic hydroxyl groups is 1. The van der Waals surface area contributed by atoms with Crippen molar-refractivity contribution >= 4 is 5.91 Å². The zero-order valence-corrected chi connectivity index (χ0v) is 11.7. The van der Waals surface area contributed by atoms with Gasteiger partial charge in [-0.15, -0.1) is 0 Å². The minimum Gasteiger partial charge on any atom is -0.507 e. The van der Waals surface area contributed by atoms with Gasteiger partial charge in [0.05, 0.1) is 17.7 Å². The number of carbonyl (C=O) groups is 1. The summed E-state index contributed by atoms with van der Waals surface area (Å²) < 4.78 is 0. The van der Waals surface area contributed by atoms with E-state index in [2.05, 4.69) is 5.32 Å². The van der Waals surface area contributed by atoms with Crippen LogP contribution in [0.25, 0.3) is 0 Å². The van der Waals surface area contributed by atoms with E-state index in [-0.39, 0.29) is 17.2 Å². The van der Waals surface area contributed by atoms with Gasteiger partial charge in [0.25, 0.3) is 5.91 Å². The molecule has 3 N–H and O–H groups in total. The smallest absolute Gasteiger partial charge is 0.255 e. The number of hydrogen-bond donors (Lipinski definition) is 3. The van der Waals surface area contributed by atoms with Crippen molar-refractivity contribution < 1.29 is 15.0 Å². The predicted molar refractivity (Wildman–Crippen MR) is 79.2 cm³/mol. The molecule has 2 unspecified atom stereocenters. The molecule has 1 amide bonds. The second-order valence-electron chi connectivity index (χ2n) is 5.44. The zero-order chi connectivity index (χ0) is 15.0. The summed E-state index contributed by atoms with van der Waals surface area (Å²) in [5.74, 6) is -0.429. The zero-order valence-electron chi connectivity index (χ0n) is 11.7. The number of carbonyl (C=O) groups excluding carboxylic acids is 1. The highest BCUT2D eigenvalue weighted by Crippen LogP contribution is 2.32. The lowest BCUT2D eigenvalue weighted by atomic mass is 10.1. The van der Waals surface area contributed by atoms with Gasteiger partial charge >= 0.3 is 0 Å². The number of phenolic OH excluding ortho intramolecular Hbond substituents is 1. The molecule has 0 radical (unpaired) electrons. The Morgan fingerprint density at radius 1 is 1.24 bits per heavy atom. The van der Waals surface area contributed by atoms with Gasteiger partial charge in [-0.25, -0.2) is 0 Å². The molecule has 108 valence electrons. The number of hydrogen-bond acceptors (Lipinski definition) is 3. The van der Waals surface area contributed by atoms with Crippen LogP contribution in [0.4, 0.5) is 0 Å². The second-order valence-corrected chi connectivity index (χ2v) is 5.44. The highest BCUT2D eigenvalue weighted by atomic mass is 16.3. The van der Waals surface area contributed by atoms with Crippen molar-refractivity contribution in [3.05, 3.63) is 64.7 Å². The predicted octanol–water partition coefficient (Wildman–Crippen LogP) is 2.09. The number of amides is 1. The topological polar surface area (TPSA) is 69.6 Å². The van der Waals surface area contributed by atoms with E-state index in [0.717, 1.165) is 16.7 Å². The van der Waals surface area contributed by atoms with Gasteiger partial charge in [0, 0.05) is 6.42 Å². The quantitative estimate of drug-likeness (QED) is 0.790. The summed E-state index contributed by atoms with van der Waals surface area (Å²) in [6.45, 7) is 1.85. The molecule has 3 rings (SSSR count). The number of phenols is 1. The molecule has 2 aromatic rings. The Kier molecular flexibility index (Phi) is 3.39. The molecule has 0 saturated carbocycles. The van der Waals surface area contributed by atoms with Crippen LogP contribution in [0.15, 0.2) is 42.5 Å². The molecule has 0 spiro atoms. The van der Waals surface area contributed by atoms with Crippen LogP contribution in [0, 0.1) is 6.92 Å². The van der Waals surface area contributed by atoms with Crippen LogP contribution in [-0.4, -0.2) is 22.2 Å². The average Bonchev–Trinajstić information content (AvgIpc) is 2.75. The lowest BCUT2D eigenvalue weighted by molar-refractivity contribution is 0.0855. The fraction of sp³-hybridized carbons (Fsp3) is 0.235. The van der Waals surface area contributed by atoms with Crippen LogP contribution < -0.4 is 5.32 Å². The van der Waals surface area contributed by atoms with E-state index in [4.69, 9.17) is 0 Å². The van der Waals surface area contributed by atoms with Gasteiger partial charge in [0.15, 0.2) is 0 Å². The highest BCUT2D eigenvalue weighted by molar-refractivity contribution is 5.97. The summed E-state index contributed by atoms with van der Waals surface area (Å²) in [5.41, 5.74) is 3.08. The fourth-order valence-corrected chi connectivity index (χ4v) is 2.80. The SMILES string of the molecule is Cc1ccc(C(=O)NC2c3ccccc3CC2O)c(O)c1. The number of aryl methyl sites for hydroxylation is 1. The maximum Gasteiger partial charge on any atom is 0.255 e. The Morgan fingerprint density at radius 2 is 2.00 bits per heavy atom. The molecule has 0 fully saturated rings. The van der Waals surface area contributed by atoms with Crippen LogP contribution in [0.3, 0.4) is 0 Å². The van der Waals surface area contributed by atoms with E-state index in [0.29, 0.717) is 6.42 Å². The van der Waals surface area contributed by atoms with Gasteiger partial charge in [-0.2, -0.15) is 0 Å². The molecule has 21 heavy (non-hydrogen) atoms. The molecule has 0 heterocycles. The van der Waals surface area contributed by atoms with Gasteiger partial charge in [-0.1, -0.05) is 30.3 Å². The second kappa shape index (κ2) is 5.22. The van der Waals surface area contributed by atoms with E-state index in [1.54, 1.807) is 18.2 Å². The van der Waals surface area contributed by atoms with E-state index >= 15 is 0 Å². The average molecular weight is 283 g/mol. The number of rotatable bonds is 2. The van der Waals surface area contributed by atoms with E-state index in [1.165, 1.54) is 0 Å². The molecule has 2 atom stereocenters. The number of nitrogens with one attached hydrogen (secondary N) is 1. The fourth-order valence-electron chi connectivity index (χ4n) is 2.80. The van der Waals surface area contributed by atoms with Crippen LogP contribution in [0.5, 0.6) is 5.75 Å². The molecular weight excluding hydrogens is 266 g/mol. The minimum atomic E-state index is -0.640. The van der Waals surface area contributed by atoms with Gasteiger partial charge in [-0.05, 0) is 35.7 Å². The number of fused-ring (bicyclic) bond motifs is 1. The van der Waals surface area contributed by atoms with E-state index < -0.39 is 12.1 Å². The molecule has 4 nitrogen and oxygen atoms in total. The van der Waals surface area contributed by atoms with Crippen molar-refractivity contribution in [1.29, 1.82) is 0 Å². The summed E-state index contributed by atoms with van der Waals surface area (Å²) in [7, 11) is 0. The largest absolute Gasteiger partial charge is 0.507 e. The van der Waals surface area contributed by atoms with Crippen molar-refractivity contribution in [1.82, 2.24) is 5.32 Å².